The molecular weight excluding hydrogens is 342 g/mol. The zero-order valence-electron chi connectivity index (χ0n) is 12.2. The third-order valence-electron chi connectivity index (χ3n) is 4.03. The molecule has 1 unspecified atom stereocenters. The van der Waals surface area contributed by atoms with Crippen LogP contribution in [-0.4, -0.2) is 55.2 Å². The van der Waals surface area contributed by atoms with E-state index in [0.717, 1.165) is 4.90 Å². The molecule has 2 saturated heterocycles. The Bertz CT molecular complexity index is 719. The van der Waals surface area contributed by atoms with E-state index in [1.54, 1.807) is 24.3 Å². The summed E-state index contributed by atoms with van der Waals surface area (Å²) in [4.78, 5) is 24.5. The number of hydrogen-bond acceptors (Lipinski definition) is 4. The molecule has 124 valence electrons. The number of rotatable bonds is 4. The number of carbonyl (C=O) groups excluding carboxylic acids is 2. The first kappa shape index (κ1) is 16.2. The molecule has 0 spiro atoms. The second kappa shape index (κ2) is 6.10. The first-order chi connectivity index (χ1) is 10.9. The fourth-order valence-electron chi connectivity index (χ4n) is 2.86. The highest BCUT2D eigenvalue weighted by Gasteiger charge is 2.41. The van der Waals surface area contributed by atoms with Gasteiger partial charge in [-0.1, -0.05) is 23.7 Å². The molecule has 7 nitrogen and oxygen atoms in total. The number of amides is 3. The summed E-state index contributed by atoms with van der Waals surface area (Å²) in [6.45, 7) is 0.430. The summed E-state index contributed by atoms with van der Waals surface area (Å²) >= 11 is 5.79. The highest BCUT2D eigenvalue weighted by Crippen LogP contribution is 2.23. The molecule has 0 aliphatic carbocycles. The van der Waals surface area contributed by atoms with Crippen molar-refractivity contribution in [3.05, 3.63) is 34.9 Å². The van der Waals surface area contributed by atoms with Crippen molar-refractivity contribution >= 4 is 33.6 Å². The lowest BCUT2D eigenvalue weighted by atomic mass is 10.2. The molecule has 23 heavy (non-hydrogen) atoms. The number of imide groups is 1. The topological polar surface area (TPSA) is 86.8 Å². The largest absolute Gasteiger partial charge is 0.329 e. The summed E-state index contributed by atoms with van der Waals surface area (Å²) in [5.74, 6) is -0.436. The Morgan fingerprint density at radius 2 is 1.91 bits per heavy atom. The molecule has 2 heterocycles. The minimum atomic E-state index is -3.50. The first-order valence-corrected chi connectivity index (χ1v) is 9.18. The predicted octanol–water partition coefficient (Wildman–Crippen LogP) is 0.796. The first-order valence-electron chi connectivity index (χ1n) is 7.19. The van der Waals surface area contributed by atoms with Crippen LogP contribution in [0.3, 0.4) is 0 Å². The molecule has 9 heteroatoms. The standard InChI is InChI=1S/C14H16ClN3O4S/c15-11-3-1-10(2-4-11)9-23(21,22)17-6-5-12(8-17)18-13(19)7-16-14(18)20/h1-4,12H,5-9H2,(H,16,20). The van der Waals surface area contributed by atoms with E-state index in [0.29, 0.717) is 23.6 Å². The van der Waals surface area contributed by atoms with Crippen LogP contribution in [0.4, 0.5) is 4.79 Å². The van der Waals surface area contributed by atoms with E-state index in [2.05, 4.69) is 5.32 Å². The van der Waals surface area contributed by atoms with Gasteiger partial charge in [-0.2, -0.15) is 4.31 Å². The maximum Gasteiger partial charge on any atom is 0.324 e. The Morgan fingerprint density at radius 1 is 1.22 bits per heavy atom. The highest BCUT2D eigenvalue weighted by molar-refractivity contribution is 7.88. The van der Waals surface area contributed by atoms with Gasteiger partial charge in [0, 0.05) is 18.1 Å². The number of halogens is 1. The van der Waals surface area contributed by atoms with Gasteiger partial charge in [0.2, 0.25) is 15.9 Å². The molecule has 0 bridgehead atoms. The molecule has 1 aromatic carbocycles. The summed E-state index contributed by atoms with van der Waals surface area (Å²) in [5, 5.41) is 3.00. The van der Waals surface area contributed by atoms with Crippen LogP contribution in [0, 0.1) is 0 Å². The number of nitrogens with zero attached hydrogens (tertiary/aromatic N) is 2. The summed E-state index contributed by atoms with van der Waals surface area (Å²) < 4.78 is 26.3. The van der Waals surface area contributed by atoms with Gasteiger partial charge >= 0.3 is 6.03 Å². The number of benzene rings is 1. The normalized spacial score (nSPS) is 22.7. The van der Waals surface area contributed by atoms with Crippen molar-refractivity contribution in [2.75, 3.05) is 19.6 Å². The van der Waals surface area contributed by atoms with Crippen LogP contribution in [0.2, 0.25) is 5.02 Å². The molecule has 0 aromatic heterocycles. The van der Waals surface area contributed by atoms with Crippen molar-refractivity contribution in [3.8, 4) is 0 Å². The Kier molecular flexibility index (Phi) is 4.31. The van der Waals surface area contributed by atoms with Gasteiger partial charge in [0.05, 0.1) is 18.3 Å². The van der Waals surface area contributed by atoms with Gasteiger partial charge in [-0.25, -0.2) is 13.2 Å². The molecule has 0 saturated carbocycles. The Labute approximate surface area is 139 Å². The SMILES string of the molecule is O=C1CNC(=O)N1C1CCN(S(=O)(=O)Cc2ccc(Cl)cc2)C1. The molecule has 2 aliphatic heterocycles. The van der Waals surface area contributed by atoms with Crippen LogP contribution in [0.1, 0.15) is 12.0 Å². The maximum atomic E-state index is 12.5. The monoisotopic (exact) mass is 357 g/mol. The van der Waals surface area contributed by atoms with E-state index in [1.807, 2.05) is 0 Å². The summed E-state index contributed by atoms with van der Waals surface area (Å²) in [6, 6.07) is 5.79. The number of sulfonamides is 1. The minimum Gasteiger partial charge on any atom is -0.329 e. The molecule has 2 aliphatic rings. The Morgan fingerprint density at radius 3 is 2.52 bits per heavy atom. The predicted molar refractivity (Wildman–Crippen MR) is 84.3 cm³/mol. The molecule has 1 aromatic rings. The number of hydrogen-bond donors (Lipinski definition) is 1. The lowest BCUT2D eigenvalue weighted by molar-refractivity contribution is -0.126. The van der Waals surface area contributed by atoms with Crippen LogP contribution in [0.15, 0.2) is 24.3 Å². The van der Waals surface area contributed by atoms with Gasteiger partial charge < -0.3 is 5.32 Å². The van der Waals surface area contributed by atoms with Crippen molar-refractivity contribution in [1.82, 2.24) is 14.5 Å². The van der Waals surface area contributed by atoms with Crippen molar-refractivity contribution in [1.29, 1.82) is 0 Å². The molecule has 3 amide bonds. The Hall–Kier alpha value is -1.64. The third kappa shape index (κ3) is 3.34. The van der Waals surface area contributed by atoms with Crippen LogP contribution in [0.5, 0.6) is 0 Å². The highest BCUT2D eigenvalue weighted by atomic mass is 35.5. The van der Waals surface area contributed by atoms with Crippen LogP contribution in [-0.2, 0) is 20.6 Å². The zero-order valence-corrected chi connectivity index (χ0v) is 13.8. The van der Waals surface area contributed by atoms with Gasteiger partial charge in [0.25, 0.3) is 0 Å². The second-order valence-electron chi connectivity index (χ2n) is 5.61. The average molecular weight is 358 g/mol. The third-order valence-corrected chi connectivity index (χ3v) is 6.09. The summed E-state index contributed by atoms with van der Waals surface area (Å²) in [7, 11) is -3.50. The summed E-state index contributed by atoms with van der Waals surface area (Å²) in [6.07, 6.45) is 0.457. The Balaban J connectivity index is 1.69. The molecule has 1 atom stereocenters. The quantitative estimate of drug-likeness (QED) is 0.807. The van der Waals surface area contributed by atoms with Gasteiger partial charge in [0.1, 0.15) is 0 Å². The van der Waals surface area contributed by atoms with Gasteiger partial charge in [-0.05, 0) is 24.1 Å². The molecule has 1 N–H and O–H groups in total. The van der Waals surface area contributed by atoms with E-state index in [-0.39, 0.29) is 24.7 Å². The van der Waals surface area contributed by atoms with E-state index in [1.165, 1.54) is 4.31 Å². The van der Waals surface area contributed by atoms with Crippen molar-refractivity contribution in [3.63, 3.8) is 0 Å². The van der Waals surface area contributed by atoms with E-state index < -0.39 is 22.1 Å². The van der Waals surface area contributed by atoms with Gasteiger partial charge in [-0.15, -0.1) is 0 Å². The van der Waals surface area contributed by atoms with Crippen molar-refractivity contribution in [2.24, 2.45) is 0 Å². The van der Waals surface area contributed by atoms with Gasteiger partial charge in [0.15, 0.2) is 0 Å². The van der Waals surface area contributed by atoms with Crippen LogP contribution < -0.4 is 5.32 Å². The van der Waals surface area contributed by atoms with Crippen LogP contribution in [0.25, 0.3) is 0 Å². The van der Waals surface area contributed by atoms with E-state index >= 15 is 0 Å². The smallest absolute Gasteiger partial charge is 0.324 e. The van der Waals surface area contributed by atoms with Crippen molar-refractivity contribution in [2.45, 2.75) is 18.2 Å². The molecule has 3 rings (SSSR count). The lowest BCUT2D eigenvalue weighted by Crippen LogP contribution is -2.43. The number of carbonyl (C=O) groups is 2. The maximum absolute atomic E-state index is 12.5. The van der Waals surface area contributed by atoms with Crippen molar-refractivity contribution < 1.29 is 18.0 Å². The molecule has 0 radical (unpaired) electrons. The fraction of sp³-hybridized carbons (Fsp3) is 0.429. The lowest BCUT2D eigenvalue weighted by Gasteiger charge is -2.21. The second-order valence-corrected chi connectivity index (χ2v) is 8.01. The summed E-state index contributed by atoms with van der Waals surface area (Å²) in [5.41, 5.74) is 0.646. The minimum absolute atomic E-state index is 0.0210. The molecular formula is C14H16ClN3O4S. The van der Waals surface area contributed by atoms with E-state index in [9.17, 15) is 18.0 Å². The molecule has 2 fully saturated rings. The number of urea groups is 1. The van der Waals surface area contributed by atoms with Crippen LogP contribution >= 0.6 is 11.6 Å². The number of nitrogens with one attached hydrogen (secondary N) is 1. The zero-order chi connectivity index (χ0) is 16.6. The average Bonchev–Trinajstić information content (AvgIpc) is 3.09. The van der Waals surface area contributed by atoms with E-state index in [4.69, 9.17) is 11.6 Å². The van der Waals surface area contributed by atoms with Gasteiger partial charge in [-0.3, -0.25) is 9.69 Å². The fourth-order valence-corrected chi connectivity index (χ4v) is 4.57.